The molecule has 10 nitrogen and oxygen atoms in total. The molecule has 6 rings (SSSR count). The van der Waals surface area contributed by atoms with Gasteiger partial charge in [0.05, 0.1) is 29.6 Å². The Morgan fingerprint density at radius 2 is 1.88 bits per heavy atom. The van der Waals surface area contributed by atoms with Crippen LogP contribution in [0.15, 0.2) is 53.7 Å². The maximum absolute atomic E-state index is 13.8. The molecule has 216 valence electrons. The molecule has 0 saturated carbocycles. The number of nitrogens with zero attached hydrogens (tertiary/aromatic N) is 4. The van der Waals surface area contributed by atoms with E-state index in [0.29, 0.717) is 37.1 Å². The Bertz CT molecular complexity index is 1590. The summed E-state index contributed by atoms with van der Waals surface area (Å²) in [6, 6.07) is 12.1. The number of anilines is 2. The highest BCUT2D eigenvalue weighted by Gasteiger charge is 2.43. The molecule has 3 aromatic heterocycles. The molecule has 0 aromatic carbocycles. The third-order valence-electron chi connectivity index (χ3n) is 8.40. The molecule has 0 aliphatic carbocycles. The van der Waals surface area contributed by atoms with Crippen LogP contribution in [0.5, 0.6) is 0 Å². The molecule has 1 saturated heterocycles. The van der Waals surface area contributed by atoms with Crippen LogP contribution in [-0.4, -0.2) is 48.0 Å². The van der Waals surface area contributed by atoms with E-state index in [0.717, 1.165) is 36.2 Å². The zero-order valence-electron chi connectivity index (χ0n) is 23.8. The van der Waals surface area contributed by atoms with Gasteiger partial charge in [-0.2, -0.15) is 8.42 Å². The first kappa shape index (κ1) is 27.6. The third kappa shape index (κ3) is 5.28. The molecule has 11 heteroatoms. The minimum Gasteiger partial charge on any atom is -0.369 e. The van der Waals surface area contributed by atoms with Gasteiger partial charge in [-0.1, -0.05) is 12.1 Å². The molecular formula is C30H36N6O4S. The van der Waals surface area contributed by atoms with Gasteiger partial charge in [0.15, 0.2) is 5.03 Å². The summed E-state index contributed by atoms with van der Waals surface area (Å²) >= 11 is 0. The van der Waals surface area contributed by atoms with E-state index in [-0.39, 0.29) is 22.2 Å². The van der Waals surface area contributed by atoms with E-state index < -0.39 is 21.5 Å². The number of aromatic nitrogens is 3. The van der Waals surface area contributed by atoms with Gasteiger partial charge in [0.2, 0.25) is 0 Å². The average molecular weight is 577 g/mol. The van der Waals surface area contributed by atoms with Crippen LogP contribution in [0.1, 0.15) is 80.3 Å². The predicted molar refractivity (Wildman–Crippen MR) is 155 cm³/mol. The lowest BCUT2D eigenvalue weighted by molar-refractivity contribution is -0.0350. The summed E-state index contributed by atoms with van der Waals surface area (Å²) in [6.45, 7) is 9.44. The highest BCUT2D eigenvalue weighted by molar-refractivity contribution is 7.90. The van der Waals surface area contributed by atoms with Crippen molar-refractivity contribution in [3.05, 3.63) is 71.2 Å². The van der Waals surface area contributed by atoms with Crippen LogP contribution in [0.2, 0.25) is 0 Å². The van der Waals surface area contributed by atoms with Gasteiger partial charge in [-0.25, -0.2) is 14.7 Å². The van der Waals surface area contributed by atoms with Gasteiger partial charge in [-0.05, 0) is 95.2 Å². The number of ether oxygens (including phenoxy) is 1. The summed E-state index contributed by atoms with van der Waals surface area (Å²) < 4.78 is 35.2. The average Bonchev–Trinajstić information content (AvgIpc) is 3.24. The quantitative estimate of drug-likeness (QED) is 0.435. The topological polar surface area (TPSA) is 126 Å². The first-order valence-electron chi connectivity index (χ1n) is 14.1. The molecule has 1 unspecified atom stereocenters. The van der Waals surface area contributed by atoms with Crippen molar-refractivity contribution in [2.24, 2.45) is 5.92 Å². The lowest BCUT2D eigenvalue weighted by Crippen LogP contribution is -2.42. The standard InChI is InChI=1S/C30H36N6O4S/c1-29(2)17-19-11-12-23(22-8-5-6-14-31-22)32-24-9-7-10-25(33-24)41(38,39)35-28(37)21-16-20-13-15-40-30(3,4)26(20)34-27(21)36(29)18-19/h5-10,14,16,19,23H,11-13,15,17-18H2,1-4H3,(H,32,33)(H,35,37)/t19-,23?/m0/s1. The van der Waals surface area contributed by atoms with Crippen molar-refractivity contribution in [3.8, 4) is 0 Å². The summed E-state index contributed by atoms with van der Waals surface area (Å²) in [7, 11) is -4.28. The second-order valence-electron chi connectivity index (χ2n) is 12.3. The Balaban J connectivity index is 1.49. The van der Waals surface area contributed by atoms with Crippen molar-refractivity contribution >= 4 is 27.6 Å². The first-order chi connectivity index (χ1) is 19.4. The van der Waals surface area contributed by atoms with Gasteiger partial charge in [-0.3, -0.25) is 9.78 Å². The van der Waals surface area contributed by atoms with E-state index in [9.17, 15) is 13.2 Å². The zero-order chi connectivity index (χ0) is 29.0. The molecule has 2 N–H and O–H groups in total. The molecule has 3 aliphatic rings. The van der Waals surface area contributed by atoms with Gasteiger partial charge in [-0.15, -0.1) is 0 Å². The summed E-state index contributed by atoms with van der Waals surface area (Å²) in [5, 5.41) is 3.16. The number of hydrogen-bond donors (Lipinski definition) is 2. The molecule has 0 radical (unpaired) electrons. The Morgan fingerprint density at radius 1 is 1.05 bits per heavy atom. The largest absolute Gasteiger partial charge is 0.369 e. The van der Waals surface area contributed by atoms with E-state index in [1.807, 2.05) is 32.0 Å². The van der Waals surface area contributed by atoms with Gasteiger partial charge in [0.25, 0.3) is 15.9 Å². The maximum Gasteiger partial charge on any atom is 0.281 e. The van der Waals surface area contributed by atoms with Crippen molar-refractivity contribution in [2.75, 3.05) is 23.4 Å². The Kier molecular flexibility index (Phi) is 6.77. The van der Waals surface area contributed by atoms with Crippen molar-refractivity contribution in [2.45, 2.75) is 75.6 Å². The van der Waals surface area contributed by atoms with Crippen molar-refractivity contribution in [1.29, 1.82) is 0 Å². The SMILES string of the molecule is CC1(C)OCCc2cc3c(nc21)N1C[C@@H](CCC(c2ccccn2)Nc2cccc(n2)S(=O)(=O)NC3=O)CC1(C)C. The van der Waals surface area contributed by atoms with Gasteiger partial charge < -0.3 is 15.0 Å². The Morgan fingerprint density at radius 3 is 2.66 bits per heavy atom. The second kappa shape index (κ2) is 10.1. The van der Waals surface area contributed by atoms with E-state index in [2.05, 4.69) is 38.8 Å². The third-order valence-corrected chi connectivity index (χ3v) is 9.63. The molecule has 2 atom stereocenters. The van der Waals surface area contributed by atoms with E-state index >= 15 is 0 Å². The normalized spacial score (nSPS) is 24.6. The number of carbonyl (C=O) groups is 1. The second-order valence-corrected chi connectivity index (χ2v) is 13.9. The first-order valence-corrected chi connectivity index (χ1v) is 15.6. The molecular weight excluding hydrogens is 540 g/mol. The number of fused-ring (bicyclic) bond motifs is 7. The molecule has 0 spiro atoms. The molecule has 1 amide bonds. The number of nitrogens with one attached hydrogen (secondary N) is 2. The molecule has 3 aliphatic heterocycles. The van der Waals surface area contributed by atoms with Crippen LogP contribution < -0.4 is 14.9 Å². The predicted octanol–water partition coefficient (Wildman–Crippen LogP) is 4.35. The minimum atomic E-state index is -4.28. The van der Waals surface area contributed by atoms with Gasteiger partial charge in [0, 0.05) is 18.3 Å². The minimum absolute atomic E-state index is 0.172. The summed E-state index contributed by atoms with van der Waals surface area (Å²) in [4.78, 5) is 30.0. The maximum atomic E-state index is 13.8. The fourth-order valence-electron chi connectivity index (χ4n) is 6.40. The Hall–Kier alpha value is -3.57. The monoisotopic (exact) mass is 576 g/mol. The van der Waals surface area contributed by atoms with E-state index in [4.69, 9.17) is 9.72 Å². The van der Waals surface area contributed by atoms with Crippen LogP contribution in [0, 0.1) is 5.92 Å². The molecule has 4 bridgehead atoms. The lowest BCUT2D eigenvalue weighted by Gasteiger charge is -2.37. The summed E-state index contributed by atoms with van der Waals surface area (Å²) in [5.74, 6) is 0.487. The van der Waals surface area contributed by atoms with E-state index in [1.165, 1.54) is 6.07 Å². The molecule has 6 heterocycles. The fraction of sp³-hybridized carbons (Fsp3) is 0.467. The van der Waals surface area contributed by atoms with Crippen LogP contribution in [0.3, 0.4) is 0 Å². The fourth-order valence-corrected chi connectivity index (χ4v) is 7.33. The summed E-state index contributed by atoms with van der Waals surface area (Å²) in [5.41, 5.74) is 1.84. The zero-order valence-corrected chi connectivity index (χ0v) is 24.7. The lowest BCUT2D eigenvalue weighted by atomic mass is 9.91. The van der Waals surface area contributed by atoms with Gasteiger partial charge >= 0.3 is 0 Å². The number of sulfonamides is 1. The Labute approximate surface area is 241 Å². The smallest absolute Gasteiger partial charge is 0.281 e. The van der Waals surface area contributed by atoms with Crippen LogP contribution >= 0.6 is 0 Å². The number of pyridine rings is 3. The van der Waals surface area contributed by atoms with Crippen LogP contribution in [0.4, 0.5) is 11.6 Å². The van der Waals surface area contributed by atoms with Crippen molar-refractivity contribution in [3.63, 3.8) is 0 Å². The number of hydrogen-bond acceptors (Lipinski definition) is 9. The van der Waals surface area contributed by atoms with Crippen LogP contribution in [-0.2, 0) is 26.8 Å². The summed E-state index contributed by atoms with van der Waals surface area (Å²) in [6.07, 6.45) is 4.91. The number of rotatable bonds is 1. The number of amides is 1. The van der Waals surface area contributed by atoms with Crippen molar-refractivity contribution < 1.29 is 17.9 Å². The molecule has 41 heavy (non-hydrogen) atoms. The van der Waals surface area contributed by atoms with E-state index in [1.54, 1.807) is 24.4 Å². The van der Waals surface area contributed by atoms with Crippen molar-refractivity contribution in [1.82, 2.24) is 19.7 Å². The molecule has 3 aromatic rings. The van der Waals surface area contributed by atoms with Crippen LogP contribution in [0.25, 0.3) is 0 Å². The highest BCUT2D eigenvalue weighted by Crippen LogP contribution is 2.42. The highest BCUT2D eigenvalue weighted by atomic mass is 32.2. The number of carbonyl (C=O) groups excluding carboxylic acids is 1. The van der Waals surface area contributed by atoms with Gasteiger partial charge in [0.1, 0.15) is 17.2 Å². The molecule has 1 fully saturated rings.